The van der Waals surface area contributed by atoms with Gasteiger partial charge >= 0.3 is 5.69 Å². The van der Waals surface area contributed by atoms with Crippen LogP contribution in [0.3, 0.4) is 0 Å². The molecule has 1 amide bonds. The minimum Gasteiger partial charge on any atom is -0.460 e. The van der Waals surface area contributed by atoms with Gasteiger partial charge in [0.05, 0.1) is 4.92 Å². The predicted molar refractivity (Wildman–Crippen MR) is 88.3 cm³/mol. The van der Waals surface area contributed by atoms with Gasteiger partial charge in [0.15, 0.2) is 11.6 Å². The molecular weight excluding hydrogens is 328 g/mol. The van der Waals surface area contributed by atoms with Gasteiger partial charge in [0.1, 0.15) is 17.1 Å². The van der Waals surface area contributed by atoms with E-state index >= 15 is 0 Å². The van der Waals surface area contributed by atoms with Crippen LogP contribution in [-0.2, 0) is 7.05 Å². The summed E-state index contributed by atoms with van der Waals surface area (Å²) in [6, 6.07) is 3.60. The van der Waals surface area contributed by atoms with Gasteiger partial charge in [0.25, 0.3) is 5.91 Å². The average molecular weight is 344 g/mol. The lowest BCUT2D eigenvalue weighted by Crippen LogP contribution is -2.18. The summed E-state index contributed by atoms with van der Waals surface area (Å²) in [5, 5.41) is 24.6. The molecule has 3 heterocycles. The summed E-state index contributed by atoms with van der Waals surface area (Å²) >= 11 is 0. The number of nitrogens with one attached hydrogen (secondary N) is 2. The molecule has 25 heavy (non-hydrogen) atoms. The lowest BCUT2D eigenvalue weighted by atomic mass is 10.2. The van der Waals surface area contributed by atoms with Crippen molar-refractivity contribution in [3.05, 3.63) is 45.0 Å². The fourth-order valence-electron chi connectivity index (χ4n) is 2.62. The molecule has 3 aromatic rings. The van der Waals surface area contributed by atoms with Crippen molar-refractivity contribution in [2.24, 2.45) is 7.05 Å². The summed E-state index contributed by atoms with van der Waals surface area (Å²) in [6.07, 6.45) is 0. The van der Waals surface area contributed by atoms with E-state index in [1.807, 2.05) is 13.0 Å². The molecule has 0 aliphatic heterocycles. The first-order valence-electron chi connectivity index (χ1n) is 7.40. The molecule has 0 aliphatic rings. The van der Waals surface area contributed by atoms with E-state index in [0.717, 1.165) is 5.76 Å². The largest absolute Gasteiger partial charge is 0.460 e. The smallest absolute Gasteiger partial charge is 0.322 e. The average Bonchev–Trinajstić information content (AvgIpc) is 3.18. The zero-order valence-electron chi connectivity index (χ0n) is 14.1. The predicted octanol–water partition coefficient (Wildman–Crippen LogP) is 2.49. The molecule has 10 heteroatoms. The highest BCUT2D eigenvalue weighted by atomic mass is 16.6. The Kier molecular flexibility index (Phi) is 3.87. The number of aromatic amines is 1. The number of aryl methyl sites for hydroxylation is 3. The molecule has 0 saturated carbocycles. The Hall–Kier alpha value is -3.43. The monoisotopic (exact) mass is 344 g/mol. The second kappa shape index (κ2) is 5.89. The van der Waals surface area contributed by atoms with Gasteiger partial charge in [-0.3, -0.25) is 24.7 Å². The van der Waals surface area contributed by atoms with Gasteiger partial charge < -0.3 is 9.73 Å². The summed E-state index contributed by atoms with van der Waals surface area (Å²) in [6.45, 7) is 5.06. The third-order valence-corrected chi connectivity index (χ3v) is 3.82. The maximum atomic E-state index is 12.5. The van der Waals surface area contributed by atoms with Gasteiger partial charge in [0, 0.05) is 12.6 Å². The topological polar surface area (TPSA) is 132 Å². The van der Waals surface area contributed by atoms with Crippen molar-refractivity contribution in [2.75, 3.05) is 5.32 Å². The van der Waals surface area contributed by atoms with E-state index in [2.05, 4.69) is 20.6 Å². The minimum atomic E-state index is -0.661. The number of H-pyrrole nitrogens is 1. The second-order valence-corrected chi connectivity index (χ2v) is 5.60. The number of anilines is 1. The molecule has 0 aromatic carbocycles. The summed E-state index contributed by atoms with van der Waals surface area (Å²) in [4.78, 5) is 23.1. The highest BCUT2D eigenvalue weighted by Crippen LogP contribution is 2.28. The molecule has 130 valence electrons. The van der Waals surface area contributed by atoms with E-state index in [1.54, 1.807) is 13.0 Å². The van der Waals surface area contributed by atoms with E-state index < -0.39 is 10.8 Å². The second-order valence-electron chi connectivity index (χ2n) is 5.60. The Balaban J connectivity index is 1.93. The van der Waals surface area contributed by atoms with E-state index in [9.17, 15) is 14.9 Å². The third-order valence-electron chi connectivity index (χ3n) is 3.82. The van der Waals surface area contributed by atoms with Crippen LogP contribution in [0.15, 0.2) is 16.5 Å². The number of hydrogen-bond donors (Lipinski definition) is 2. The van der Waals surface area contributed by atoms with Gasteiger partial charge in [-0.05, 0) is 32.9 Å². The summed E-state index contributed by atoms with van der Waals surface area (Å²) in [7, 11) is 1.48. The quantitative estimate of drug-likeness (QED) is 0.552. The van der Waals surface area contributed by atoms with E-state index in [0.29, 0.717) is 17.0 Å². The first-order chi connectivity index (χ1) is 11.8. The summed E-state index contributed by atoms with van der Waals surface area (Å²) in [5.74, 6) is 0.940. The Morgan fingerprint density at radius 3 is 2.68 bits per heavy atom. The number of nitro groups is 1. The Morgan fingerprint density at radius 2 is 2.08 bits per heavy atom. The van der Waals surface area contributed by atoms with E-state index in [-0.39, 0.29) is 22.9 Å². The zero-order valence-corrected chi connectivity index (χ0v) is 14.1. The normalized spacial score (nSPS) is 10.9. The number of hydrogen-bond acceptors (Lipinski definition) is 6. The van der Waals surface area contributed by atoms with Crippen LogP contribution in [0.5, 0.6) is 0 Å². The van der Waals surface area contributed by atoms with Gasteiger partial charge in [-0.15, -0.1) is 0 Å². The van der Waals surface area contributed by atoms with Crippen LogP contribution >= 0.6 is 0 Å². The molecule has 0 bridgehead atoms. The van der Waals surface area contributed by atoms with Crippen molar-refractivity contribution in [2.45, 2.75) is 20.8 Å². The summed E-state index contributed by atoms with van der Waals surface area (Å²) in [5.41, 5.74) is 0.988. The SMILES string of the molecule is Cc1ccc(-c2[nH]nc(NC(=O)c3c([N+](=O)[O-])c(C)nn3C)c2C)o1. The molecule has 0 atom stereocenters. The first kappa shape index (κ1) is 16.4. The Bertz CT molecular complexity index is 980. The van der Waals surface area contributed by atoms with Gasteiger partial charge in [0.2, 0.25) is 5.69 Å². The van der Waals surface area contributed by atoms with Crippen LogP contribution in [-0.4, -0.2) is 30.8 Å². The maximum absolute atomic E-state index is 12.5. The van der Waals surface area contributed by atoms with E-state index in [1.165, 1.54) is 18.7 Å². The van der Waals surface area contributed by atoms with Crippen LogP contribution in [0, 0.1) is 30.9 Å². The lowest BCUT2D eigenvalue weighted by molar-refractivity contribution is -0.385. The third kappa shape index (κ3) is 2.77. The molecule has 2 N–H and O–H groups in total. The lowest BCUT2D eigenvalue weighted by Gasteiger charge is -2.03. The fraction of sp³-hybridized carbons (Fsp3) is 0.267. The molecule has 0 aliphatic carbocycles. The molecule has 3 rings (SSSR count). The molecule has 0 saturated heterocycles. The number of amides is 1. The number of rotatable bonds is 4. The standard InChI is InChI=1S/C15H16N6O4/c1-7-5-6-10(25-7)11-8(2)14(18-17-11)16-15(22)13-12(21(23)24)9(3)19-20(13)4/h5-6H,1-4H3,(H2,16,17,18,22). The highest BCUT2D eigenvalue weighted by molar-refractivity contribution is 6.06. The molecule has 0 spiro atoms. The maximum Gasteiger partial charge on any atom is 0.322 e. The van der Waals surface area contributed by atoms with Crippen molar-refractivity contribution in [1.82, 2.24) is 20.0 Å². The molecule has 10 nitrogen and oxygen atoms in total. The van der Waals surface area contributed by atoms with Gasteiger partial charge in [-0.25, -0.2) is 0 Å². The molecule has 0 radical (unpaired) electrons. The molecular formula is C15H16N6O4. The Labute approximate surface area is 142 Å². The van der Waals surface area contributed by atoms with Crippen LogP contribution in [0.1, 0.15) is 27.5 Å². The van der Waals surface area contributed by atoms with Crippen LogP contribution in [0.2, 0.25) is 0 Å². The fourth-order valence-corrected chi connectivity index (χ4v) is 2.62. The number of carbonyl (C=O) groups excluding carboxylic acids is 1. The van der Waals surface area contributed by atoms with Crippen molar-refractivity contribution >= 4 is 17.4 Å². The number of nitrogens with zero attached hydrogens (tertiary/aromatic N) is 4. The van der Waals surface area contributed by atoms with Crippen molar-refractivity contribution in [3.8, 4) is 11.5 Å². The zero-order chi connectivity index (χ0) is 18.3. The molecule has 3 aromatic heterocycles. The van der Waals surface area contributed by atoms with Gasteiger partial charge in [-0.1, -0.05) is 0 Å². The van der Waals surface area contributed by atoms with Crippen LogP contribution in [0.25, 0.3) is 11.5 Å². The van der Waals surface area contributed by atoms with Crippen LogP contribution in [0.4, 0.5) is 11.5 Å². The highest BCUT2D eigenvalue weighted by Gasteiger charge is 2.30. The summed E-state index contributed by atoms with van der Waals surface area (Å²) < 4.78 is 6.72. The van der Waals surface area contributed by atoms with E-state index in [4.69, 9.17) is 4.42 Å². The van der Waals surface area contributed by atoms with Crippen molar-refractivity contribution in [3.63, 3.8) is 0 Å². The number of carbonyl (C=O) groups is 1. The number of aromatic nitrogens is 4. The Morgan fingerprint density at radius 1 is 1.36 bits per heavy atom. The molecule has 0 unspecified atom stereocenters. The minimum absolute atomic E-state index is 0.139. The van der Waals surface area contributed by atoms with Gasteiger partial charge in [-0.2, -0.15) is 10.2 Å². The van der Waals surface area contributed by atoms with Crippen molar-refractivity contribution < 1.29 is 14.1 Å². The first-order valence-corrected chi connectivity index (χ1v) is 7.40. The molecule has 0 fully saturated rings. The number of furan rings is 1. The van der Waals surface area contributed by atoms with Crippen molar-refractivity contribution in [1.29, 1.82) is 0 Å². The van der Waals surface area contributed by atoms with Crippen LogP contribution < -0.4 is 5.32 Å².